The second kappa shape index (κ2) is 24.4. The lowest BCUT2D eigenvalue weighted by Gasteiger charge is -2.35. The fourth-order valence-electron chi connectivity index (χ4n) is 9.54. The number of aryl methyl sites for hydroxylation is 3. The number of unbranched alkanes of at least 4 members (excludes halogenated alkanes) is 1. The monoisotopic (exact) mass is 1030 g/mol. The summed E-state index contributed by atoms with van der Waals surface area (Å²) in [5, 5.41) is 11.7. The molecule has 0 spiro atoms. The van der Waals surface area contributed by atoms with Crippen LogP contribution in [0.1, 0.15) is 85.1 Å². The number of nitrogens with zero attached hydrogens (tertiary/aromatic N) is 4. The number of nitrogens with two attached hydrogens (primary N) is 1. The number of amides is 4. The zero-order chi connectivity index (χ0) is 52.4. The number of thiazole rings is 1. The molecule has 2 atom stereocenters. The highest BCUT2D eigenvalue weighted by Crippen LogP contribution is 2.39. The van der Waals surface area contributed by atoms with Crippen LogP contribution in [0.2, 0.25) is 0 Å². The molecule has 4 N–H and O–H groups in total. The average Bonchev–Trinajstić information content (AvgIpc) is 4.19. The minimum atomic E-state index is -0.850. The van der Waals surface area contributed by atoms with Gasteiger partial charge in [-0.3, -0.25) is 19.2 Å². The van der Waals surface area contributed by atoms with Crippen LogP contribution >= 0.6 is 11.3 Å². The number of benzene rings is 4. The van der Waals surface area contributed by atoms with Crippen LogP contribution in [-0.2, 0) is 41.7 Å². The molecule has 1 aliphatic rings. The first-order chi connectivity index (χ1) is 35.7. The number of ether oxygens (including phenoxy) is 4. The fraction of sp³-hybridized carbons (Fsp3) is 0.404. The topological polar surface area (TPSA) is 202 Å². The van der Waals surface area contributed by atoms with Gasteiger partial charge in [0.05, 0.1) is 60.3 Å². The van der Waals surface area contributed by atoms with Crippen LogP contribution in [0.15, 0.2) is 95.0 Å². The highest BCUT2D eigenvalue weighted by Gasteiger charge is 2.42. The first-order valence-corrected chi connectivity index (χ1v) is 26.2. The van der Waals surface area contributed by atoms with Crippen LogP contribution in [0.25, 0.3) is 43.4 Å². The number of fused-ring (bicyclic) bond motifs is 3. The predicted molar refractivity (Wildman–Crippen MR) is 286 cm³/mol. The van der Waals surface area contributed by atoms with Crippen molar-refractivity contribution in [3.8, 4) is 27.3 Å². The number of likely N-dealkylation sites (tertiary alicyclic amines) is 1. The maximum Gasteiger partial charge on any atom is 0.249 e. The summed E-state index contributed by atoms with van der Waals surface area (Å²) in [6.45, 7) is 14.7. The zero-order valence-corrected chi connectivity index (χ0v) is 44.0. The molecule has 4 amide bonds. The molecular formula is C57H67N7O9S. The minimum absolute atomic E-state index is 0.188. The largest absolute Gasteiger partial charge is 0.494 e. The molecule has 74 heavy (non-hydrogen) atoms. The Morgan fingerprint density at radius 1 is 0.824 bits per heavy atom. The van der Waals surface area contributed by atoms with E-state index >= 15 is 0 Å². The van der Waals surface area contributed by atoms with Gasteiger partial charge < -0.3 is 49.3 Å². The number of hydrogen-bond acceptors (Lipinski definition) is 12. The van der Waals surface area contributed by atoms with Gasteiger partial charge in [-0.25, -0.2) is 4.98 Å². The van der Waals surface area contributed by atoms with E-state index in [-0.39, 0.29) is 31.6 Å². The van der Waals surface area contributed by atoms with Crippen molar-refractivity contribution in [1.82, 2.24) is 30.2 Å². The third-order valence-corrected chi connectivity index (χ3v) is 14.3. The van der Waals surface area contributed by atoms with Crippen LogP contribution in [0.4, 0.5) is 0 Å². The van der Waals surface area contributed by atoms with Crippen LogP contribution < -0.4 is 21.1 Å². The standard InChI is InChI=1S/C57H67N7O9S/c1-36-50(38(3)73-62-36)42-29-45(54(58)66)51-44-31-43(20-21-46(44)64(48(51)30-42)33-40-13-8-7-9-14-40)72-24-11-10-23-69-25-26-70-27-28-71-34-49(65)61-53(57(4,5)6)56(68)63-22-12-15-47(63)55(67)59-32-39-16-18-41(19-17-39)52-37(2)60-35-74-52/h7-9,13-14,16-21,29-31,35,47,53H,10-12,15,22-28,32-34H2,1-6H3,(H2,58,66)(H,59,67)(H,61,65)/t47-,53?/m0/s1. The second-order valence-electron chi connectivity index (χ2n) is 19.8. The first-order valence-electron chi connectivity index (χ1n) is 25.3. The van der Waals surface area contributed by atoms with E-state index < -0.39 is 29.3 Å². The molecule has 4 aromatic carbocycles. The Hall–Kier alpha value is -6.92. The van der Waals surface area contributed by atoms with Crippen molar-refractivity contribution in [2.75, 3.05) is 52.8 Å². The van der Waals surface area contributed by atoms with Crippen LogP contribution in [0.5, 0.6) is 5.75 Å². The molecule has 3 aromatic heterocycles. The molecule has 1 saturated heterocycles. The summed E-state index contributed by atoms with van der Waals surface area (Å²) in [5.41, 5.74) is 16.0. The van der Waals surface area contributed by atoms with E-state index in [1.807, 2.05) is 114 Å². The molecule has 17 heteroatoms. The number of primary amides is 1. The molecule has 1 aliphatic heterocycles. The Kier molecular flexibility index (Phi) is 17.6. The molecule has 1 unspecified atom stereocenters. The number of carbonyl (C=O) groups is 4. The Labute approximate surface area is 435 Å². The summed E-state index contributed by atoms with van der Waals surface area (Å²) < 4.78 is 31.0. The van der Waals surface area contributed by atoms with Gasteiger partial charge in [0.1, 0.15) is 30.2 Å². The molecule has 8 rings (SSSR count). The summed E-state index contributed by atoms with van der Waals surface area (Å²) in [7, 11) is 0. The molecule has 1 fully saturated rings. The summed E-state index contributed by atoms with van der Waals surface area (Å²) >= 11 is 1.59. The number of rotatable bonds is 24. The van der Waals surface area contributed by atoms with Crippen LogP contribution in [0, 0.1) is 26.2 Å². The van der Waals surface area contributed by atoms with Gasteiger partial charge in [-0.15, -0.1) is 11.3 Å². The maximum atomic E-state index is 14.0. The van der Waals surface area contributed by atoms with Crippen molar-refractivity contribution in [2.45, 2.75) is 92.4 Å². The lowest BCUT2D eigenvalue weighted by atomic mass is 9.85. The van der Waals surface area contributed by atoms with E-state index in [2.05, 4.69) is 43.5 Å². The van der Waals surface area contributed by atoms with Crippen LogP contribution in [0.3, 0.4) is 0 Å². The van der Waals surface area contributed by atoms with Gasteiger partial charge in [0, 0.05) is 53.7 Å². The Morgan fingerprint density at radius 3 is 2.24 bits per heavy atom. The molecule has 0 aliphatic carbocycles. The third kappa shape index (κ3) is 12.9. The molecule has 0 saturated carbocycles. The highest BCUT2D eigenvalue weighted by atomic mass is 32.1. The lowest BCUT2D eigenvalue weighted by molar-refractivity contribution is -0.144. The van der Waals surface area contributed by atoms with Gasteiger partial charge in [-0.05, 0) is 104 Å². The van der Waals surface area contributed by atoms with E-state index in [0.717, 1.165) is 78.7 Å². The lowest BCUT2D eigenvalue weighted by Crippen LogP contribution is -2.58. The smallest absolute Gasteiger partial charge is 0.249 e. The first kappa shape index (κ1) is 53.4. The molecule has 390 valence electrons. The molecular weight excluding hydrogens is 959 g/mol. The molecule has 16 nitrogen and oxygen atoms in total. The van der Waals surface area contributed by atoms with Gasteiger partial charge in [0.2, 0.25) is 23.6 Å². The van der Waals surface area contributed by atoms with E-state index in [1.165, 1.54) is 0 Å². The summed E-state index contributed by atoms with van der Waals surface area (Å²) in [5.74, 6) is -0.0928. The van der Waals surface area contributed by atoms with Crippen molar-refractivity contribution in [3.05, 3.63) is 124 Å². The molecule has 0 bridgehead atoms. The van der Waals surface area contributed by atoms with Crippen molar-refractivity contribution in [2.24, 2.45) is 11.1 Å². The highest BCUT2D eigenvalue weighted by molar-refractivity contribution is 7.13. The van der Waals surface area contributed by atoms with Gasteiger partial charge >= 0.3 is 0 Å². The van der Waals surface area contributed by atoms with Crippen molar-refractivity contribution in [3.63, 3.8) is 0 Å². The zero-order valence-electron chi connectivity index (χ0n) is 43.2. The predicted octanol–water partition coefficient (Wildman–Crippen LogP) is 8.69. The molecule has 7 aromatic rings. The van der Waals surface area contributed by atoms with Gasteiger partial charge in [-0.2, -0.15) is 0 Å². The van der Waals surface area contributed by atoms with Gasteiger partial charge in [0.15, 0.2) is 0 Å². The van der Waals surface area contributed by atoms with Crippen molar-refractivity contribution >= 4 is 56.8 Å². The third-order valence-electron chi connectivity index (χ3n) is 13.3. The summed E-state index contributed by atoms with van der Waals surface area (Å²) in [4.78, 5) is 60.6. The number of aromatic nitrogens is 3. The van der Waals surface area contributed by atoms with Gasteiger partial charge in [-0.1, -0.05) is 80.5 Å². The average molecular weight is 1030 g/mol. The van der Waals surface area contributed by atoms with Gasteiger partial charge in [0.25, 0.3) is 0 Å². The van der Waals surface area contributed by atoms with E-state index in [9.17, 15) is 19.2 Å². The number of carbonyl (C=O) groups excluding carboxylic acids is 4. The van der Waals surface area contributed by atoms with Crippen molar-refractivity contribution in [1.29, 1.82) is 0 Å². The maximum absolute atomic E-state index is 14.0. The normalized spacial score (nSPS) is 14.2. The fourth-order valence-corrected chi connectivity index (χ4v) is 10.4. The molecule has 4 heterocycles. The summed E-state index contributed by atoms with van der Waals surface area (Å²) in [6, 6.07) is 26.6. The van der Waals surface area contributed by atoms with E-state index in [4.69, 9.17) is 29.2 Å². The van der Waals surface area contributed by atoms with Crippen LogP contribution in [-0.4, -0.2) is 108 Å². The van der Waals surface area contributed by atoms with E-state index in [1.54, 1.807) is 16.2 Å². The SMILES string of the molecule is Cc1ncsc1-c1ccc(CNC(=O)[C@@H]2CCCN2C(=O)C(NC(=O)COCCOCCOCCCCOc2ccc3c(c2)c2c(C(N)=O)cc(-c4c(C)noc4C)cc2n3Cc2ccccc2)C(C)(C)C)cc1. The number of nitrogens with one attached hydrogen (secondary N) is 2. The second-order valence-corrected chi connectivity index (χ2v) is 20.7. The Bertz CT molecular complexity index is 3050. The Balaban J connectivity index is 0.733. The summed E-state index contributed by atoms with van der Waals surface area (Å²) in [6.07, 6.45) is 2.79. The van der Waals surface area contributed by atoms with Crippen molar-refractivity contribution < 1.29 is 42.6 Å². The minimum Gasteiger partial charge on any atom is -0.494 e. The van der Waals surface area contributed by atoms with E-state index in [0.29, 0.717) is 76.0 Å². The number of hydrogen-bond donors (Lipinski definition) is 3. The quantitative estimate of drug-likeness (QED) is 0.0489. The Morgan fingerprint density at radius 2 is 1.55 bits per heavy atom. The molecule has 0 radical (unpaired) electrons.